The van der Waals surface area contributed by atoms with Crippen LogP contribution in [0.1, 0.15) is 38.5 Å². The number of alkyl halides is 2. The van der Waals surface area contributed by atoms with Crippen LogP contribution in [0.3, 0.4) is 0 Å². The molecule has 3 aromatic carbocycles. The smallest absolute Gasteiger partial charge is 0.343 e. The molecule has 0 saturated heterocycles. The van der Waals surface area contributed by atoms with Crippen LogP contribution in [0.15, 0.2) is 66.7 Å². The molecule has 1 N–H and O–H groups in total. The summed E-state index contributed by atoms with van der Waals surface area (Å²) in [5.74, 6) is -1.70. The molecule has 0 aliphatic rings. The van der Waals surface area contributed by atoms with E-state index in [9.17, 15) is 22.8 Å². The number of H-pyrrole nitrogens is 1. The number of hydrogen-bond donors (Lipinski definition) is 1. The molecule has 0 spiro atoms. The lowest BCUT2D eigenvalue weighted by Gasteiger charge is -2.06. The molecule has 0 radical (unpaired) electrons. The third-order valence-electron chi connectivity index (χ3n) is 4.38. The second-order valence-corrected chi connectivity index (χ2v) is 6.40. The van der Waals surface area contributed by atoms with Crippen molar-refractivity contribution in [2.45, 2.75) is 6.43 Å². The second-order valence-electron chi connectivity index (χ2n) is 6.40. The zero-order chi connectivity index (χ0) is 21.3. The number of nitrogens with one attached hydrogen (secondary N) is 1. The van der Waals surface area contributed by atoms with Gasteiger partial charge in [-0.2, -0.15) is 0 Å². The zero-order valence-corrected chi connectivity index (χ0v) is 15.2. The van der Waals surface area contributed by atoms with Crippen LogP contribution in [-0.4, -0.2) is 21.7 Å². The summed E-state index contributed by atoms with van der Waals surface area (Å²) >= 11 is 0. The number of carbonyl (C=O) groups excluding carboxylic acids is 2. The van der Waals surface area contributed by atoms with E-state index in [1.165, 1.54) is 66.7 Å². The normalized spacial score (nSPS) is 11.1. The van der Waals surface area contributed by atoms with Gasteiger partial charge in [0.2, 0.25) is 0 Å². The molecule has 1 heterocycles. The molecule has 30 heavy (non-hydrogen) atoms. The van der Waals surface area contributed by atoms with Crippen molar-refractivity contribution >= 4 is 22.8 Å². The summed E-state index contributed by atoms with van der Waals surface area (Å²) in [6.45, 7) is 0. The maximum absolute atomic E-state index is 13.0. The fourth-order valence-electron chi connectivity index (χ4n) is 2.87. The van der Waals surface area contributed by atoms with E-state index in [0.717, 1.165) is 0 Å². The average molecular weight is 410 g/mol. The first-order chi connectivity index (χ1) is 14.4. The number of aromatic amines is 1. The van der Waals surface area contributed by atoms with Crippen LogP contribution in [0.25, 0.3) is 11.0 Å². The highest BCUT2D eigenvalue weighted by atomic mass is 19.3. The van der Waals surface area contributed by atoms with E-state index in [2.05, 4.69) is 9.97 Å². The minimum Gasteiger partial charge on any atom is -0.423 e. The van der Waals surface area contributed by atoms with E-state index in [4.69, 9.17) is 4.74 Å². The van der Waals surface area contributed by atoms with E-state index < -0.39 is 24.0 Å². The molecule has 0 aliphatic heterocycles. The maximum Gasteiger partial charge on any atom is 0.343 e. The molecule has 8 heteroatoms. The minimum absolute atomic E-state index is 0.151. The molecular formula is C22H13F3N2O3. The third-order valence-corrected chi connectivity index (χ3v) is 4.38. The Hall–Kier alpha value is -3.94. The van der Waals surface area contributed by atoms with Crippen LogP contribution in [0.2, 0.25) is 0 Å². The van der Waals surface area contributed by atoms with Crippen LogP contribution in [0, 0.1) is 5.82 Å². The Balaban J connectivity index is 1.48. The van der Waals surface area contributed by atoms with Crippen molar-refractivity contribution in [3.8, 4) is 5.75 Å². The second kappa shape index (κ2) is 7.82. The van der Waals surface area contributed by atoms with Gasteiger partial charge in [0.15, 0.2) is 11.6 Å². The van der Waals surface area contributed by atoms with E-state index in [1.54, 1.807) is 0 Å². The molecule has 0 bridgehead atoms. The van der Waals surface area contributed by atoms with E-state index in [-0.39, 0.29) is 17.1 Å². The number of rotatable bonds is 5. The fraction of sp³-hybridized carbons (Fsp3) is 0.0455. The van der Waals surface area contributed by atoms with Gasteiger partial charge in [-0.3, -0.25) is 4.79 Å². The number of ketones is 1. The standard InChI is InChI=1S/C22H13F3N2O3/c23-15-6-1-12(2-7-15)19(28)13-3-8-16(9-4-13)30-22(29)14-5-10-17-18(11-14)27-21(26-17)20(24)25/h1-11,20H,(H,26,27). The molecule has 150 valence electrons. The van der Waals surface area contributed by atoms with Gasteiger partial charge in [0.25, 0.3) is 6.43 Å². The van der Waals surface area contributed by atoms with Gasteiger partial charge < -0.3 is 9.72 Å². The first kappa shape index (κ1) is 19.4. The quantitative estimate of drug-likeness (QED) is 0.283. The van der Waals surface area contributed by atoms with E-state index in [1.807, 2.05) is 0 Å². The average Bonchev–Trinajstić information content (AvgIpc) is 3.18. The van der Waals surface area contributed by atoms with Gasteiger partial charge in [0.1, 0.15) is 11.6 Å². The van der Waals surface area contributed by atoms with Gasteiger partial charge in [-0.15, -0.1) is 0 Å². The highest BCUT2D eigenvalue weighted by Gasteiger charge is 2.16. The van der Waals surface area contributed by atoms with Crippen molar-refractivity contribution in [2.75, 3.05) is 0 Å². The predicted octanol–water partition coefficient (Wildman–Crippen LogP) is 5.09. The number of carbonyl (C=O) groups is 2. The number of hydrogen-bond acceptors (Lipinski definition) is 4. The fourth-order valence-corrected chi connectivity index (χ4v) is 2.87. The molecule has 0 atom stereocenters. The van der Waals surface area contributed by atoms with Gasteiger partial charge in [0, 0.05) is 11.1 Å². The Morgan fingerprint density at radius 3 is 2.10 bits per heavy atom. The molecule has 0 fully saturated rings. The Labute approximate surface area is 168 Å². The van der Waals surface area contributed by atoms with E-state index >= 15 is 0 Å². The van der Waals surface area contributed by atoms with Crippen molar-refractivity contribution in [3.63, 3.8) is 0 Å². The lowest BCUT2D eigenvalue weighted by molar-refractivity contribution is 0.0735. The zero-order valence-electron chi connectivity index (χ0n) is 15.2. The maximum atomic E-state index is 13.0. The number of esters is 1. The lowest BCUT2D eigenvalue weighted by atomic mass is 10.0. The van der Waals surface area contributed by atoms with Gasteiger partial charge in [-0.1, -0.05) is 0 Å². The molecule has 0 saturated carbocycles. The molecule has 0 unspecified atom stereocenters. The summed E-state index contributed by atoms with van der Waals surface area (Å²) in [5, 5.41) is 0. The molecular weight excluding hydrogens is 397 g/mol. The largest absolute Gasteiger partial charge is 0.423 e. The Kier molecular flexibility index (Phi) is 5.05. The molecule has 0 amide bonds. The third kappa shape index (κ3) is 3.93. The van der Waals surface area contributed by atoms with Crippen molar-refractivity contribution < 1.29 is 27.5 Å². The number of ether oxygens (including phenoxy) is 1. The van der Waals surface area contributed by atoms with Crippen LogP contribution in [-0.2, 0) is 0 Å². The summed E-state index contributed by atoms with van der Waals surface area (Å²) < 4.78 is 43.8. The highest BCUT2D eigenvalue weighted by molar-refractivity contribution is 6.09. The molecule has 4 rings (SSSR count). The van der Waals surface area contributed by atoms with Crippen molar-refractivity contribution in [3.05, 3.63) is 95.1 Å². The van der Waals surface area contributed by atoms with Gasteiger partial charge >= 0.3 is 5.97 Å². The van der Waals surface area contributed by atoms with Gasteiger partial charge in [0.05, 0.1) is 16.6 Å². The van der Waals surface area contributed by atoms with Gasteiger partial charge in [-0.05, 0) is 66.7 Å². The van der Waals surface area contributed by atoms with Crippen molar-refractivity contribution in [1.29, 1.82) is 0 Å². The number of benzene rings is 3. The molecule has 5 nitrogen and oxygen atoms in total. The molecule has 4 aromatic rings. The van der Waals surface area contributed by atoms with Gasteiger partial charge in [-0.25, -0.2) is 22.9 Å². The molecule has 0 aliphatic carbocycles. The summed E-state index contributed by atoms with van der Waals surface area (Å²) in [4.78, 5) is 31.0. The number of nitrogens with zero attached hydrogens (tertiary/aromatic N) is 1. The van der Waals surface area contributed by atoms with Crippen LogP contribution < -0.4 is 4.74 Å². The monoisotopic (exact) mass is 410 g/mol. The first-order valence-corrected chi connectivity index (χ1v) is 8.81. The van der Waals surface area contributed by atoms with Crippen LogP contribution >= 0.6 is 0 Å². The van der Waals surface area contributed by atoms with Crippen LogP contribution in [0.4, 0.5) is 13.2 Å². The Morgan fingerprint density at radius 1 is 0.867 bits per heavy atom. The topological polar surface area (TPSA) is 72.1 Å². The summed E-state index contributed by atoms with van der Waals surface area (Å²) in [6, 6.07) is 15.3. The predicted molar refractivity (Wildman–Crippen MR) is 102 cm³/mol. The minimum atomic E-state index is -2.75. The number of halogens is 3. The SMILES string of the molecule is O=C(Oc1ccc(C(=O)c2ccc(F)cc2)cc1)c1ccc2nc(C(F)F)[nH]c2c1. The first-order valence-electron chi connectivity index (χ1n) is 8.81. The highest BCUT2D eigenvalue weighted by Crippen LogP contribution is 2.22. The van der Waals surface area contributed by atoms with Crippen molar-refractivity contribution in [2.24, 2.45) is 0 Å². The Morgan fingerprint density at radius 2 is 1.47 bits per heavy atom. The summed E-state index contributed by atoms with van der Waals surface area (Å²) in [5.41, 5.74) is 1.43. The lowest BCUT2D eigenvalue weighted by Crippen LogP contribution is -2.08. The van der Waals surface area contributed by atoms with E-state index in [0.29, 0.717) is 22.2 Å². The Bertz CT molecular complexity index is 1230. The molecule has 1 aromatic heterocycles. The van der Waals surface area contributed by atoms with Crippen LogP contribution in [0.5, 0.6) is 5.75 Å². The summed E-state index contributed by atoms with van der Waals surface area (Å²) in [6.07, 6.45) is -2.75. The summed E-state index contributed by atoms with van der Waals surface area (Å²) in [7, 11) is 0. The number of fused-ring (bicyclic) bond motifs is 1. The number of aromatic nitrogens is 2. The van der Waals surface area contributed by atoms with Crippen molar-refractivity contribution in [1.82, 2.24) is 9.97 Å². The number of imidazole rings is 1.